The minimum absolute atomic E-state index is 0.356. The van der Waals surface area contributed by atoms with Crippen LogP contribution in [0.4, 0.5) is 5.69 Å². The average molecular weight is 591 g/mol. The van der Waals surface area contributed by atoms with Crippen LogP contribution in [0.2, 0.25) is 0 Å². The van der Waals surface area contributed by atoms with Crippen LogP contribution in [0.3, 0.4) is 0 Å². The highest BCUT2D eigenvalue weighted by Crippen LogP contribution is 2.42. The Morgan fingerprint density at radius 1 is 0.587 bits per heavy atom. The smallest absolute Gasteiger partial charge is 0.205 e. The molecule has 0 aliphatic carbocycles. The molecule has 8 aromatic rings. The van der Waals surface area contributed by atoms with Crippen LogP contribution in [0.5, 0.6) is 0 Å². The molecule has 0 atom stereocenters. The maximum atomic E-state index is 10.2. The predicted octanol–water partition coefficient (Wildman–Crippen LogP) is 11.3. The molecule has 8 rings (SSSR count). The van der Waals surface area contributed by atoms with Crippen LogP contribution in [0.1, 0.15) is 31.9 Å². The summed E-state index contributed by atoms with van der Waals surface area (Å²) in [6, 6.07) is 47.2. The summed E-state index contributed by atoms with van der Waals surface area (Å²) in [6.45, 7) is 14.0. The number of hydrogen-bond acceptors (Lipinski definition) is 1. The van der Waals surface area contributed by atoms with Crippen molar-refractivity contribution in [3.63, 3.8) is 0 Å². The normalized spacial score (nSPS) is 11.8. The lowest BCUT2D eigenvalue weighted by molar-refractivity contribution is 0.586. The zero-order valence-corrected chi connectivity index (χ0v) is 25.9. The van der Waals surface area contributed by atoms with Gasteiger partial charge in [-0.05, 0) is 70.6 Å². The van der Waals surface area contributed by atoms with Gasteiger partial charge in [0.1, 0.15) is 0 Å². The number of nitriles is 1. The highest BCUT2D eigenvalue weighted by molar-refractivity contribution is 6.12. The maximum Gasteiger partial charge on any atom is 0.205 e. The van der Waals surface area contributed by atoms with Crippen LogP contribution in [-0.2, 0) is 5.41 Å². The molecule has 46 heavy (non-hydrogen) atoms. The third kappa shape index (κ3) is 4.05. The molecule has 6 aromatic carbocycles. The summed E-state index contributed by atoms with van der Waals surface area (Å²) in [5.74, 6) is 0. The fraction of sp³-hybridized carbons (Fsp3) is 0.0952. The molecule has 0 amide bonds. The monoisotopic (exact) mass is 590 g/mol. The van der Waals surface area contributed by atoms with Crippen molar-refractivity contribution in [2.45, 2.75) is 26.2 Å². The Balaban J connectivity index is 1.39. The summed E-state index contributed by atoms with van der Waals surface area (Å²) in [5.41, 5.74) is 10.2. The van der Waals surface area contributed by atoms with E-state index in [0.717, 1.165) is 49.9 Å². The van der Waals surface area contributed by atoms with Crippen molar-refractivity contribution < 1.29 is 0 Å². The number of fused-ring (bicyclic) bond motifs is 6. The number of rotatable bonds is 3. The third-order valence-electron chi connectivity index (χ3n) is 9.08. The van der Waals surface area contributed by atoms with E-state index in [9.17, 15) is 5.26 Å². The van der Waals surface area contributed by atoms with Gasteiger partial charge in [-0.3, -0.25) is 0 Å². The zero-order valence-electron chi connectivity index (χ0n) is 25.9. The molecular formula is C42H30N4. The van der Waals surface area contributed by atoms with E-state index in [1.54, 1.807) is 6.07 Å². The van der Waals surface area contributed by atoms with Crippen molar-refractivity contribution in [3.05, 3.63) is 150 Å². The second-order valence-electron chi connectivity index (χ2n) is 12.8. The quantitative estimate of drug-likeness (QED) is 0.189. The lowest BCUT2D eigenvalue weighted by Gasteiger charge is -2.26. The van der Waals surface area contributed by atoms with Gasteiger partial charge in [-0.1, -0.05) is 99.6 Å². The Kier molecular flexibility index (Phi) is 6.11. The van der Waals surface area contributed by atoms with Crippen LogP contribution >= 0.6 is 0 Å². The summed E-state index contributed by atoms with van der Waals surface area (Å²) < 4.78 is 4.62. The van der Waals surface area contributed by atoms with E-state index in [0.29, 0.717) is 11.3 Å². The van der Waals surface area contributed by atoms with Crippen molar-refractivity contribution in [2.75, 3.05) is 0 Å². The minimum Gasteiger partial charge on any atom is -0.309 e. The summed E-state index contributed by atoms with van der Waals surface area (Å²) in [5, 5.41) is 15.0. The Morgan fingerprint density at radius 2 is 1.17 bits per heavy atom. The second kappa shape index (κ2) is 10.2. The van der Waals surface area contributed by atoms with Gasteiger partial charge >= 0.3 is 0 Å². The molecule has 218 valence electrons. The van der Waals surface area contributed by atoms with Crippen molar-refractivity contribution in [1.29, 1.82) is 5.26 Å². The molecule has 2 aromatic heterocycles. The molecule has 0 spiro atoms. The van der Waals surface area contributed by atoms with Crippen LogP contribution in [0.15, 0.2) is 127 Å². The molecule has 4 nitrogen and oxygen atoms in total. The zero-order chi connectivity index (χ0) is 31.6. The summed E-state index contributed by atoms with van der Waals surface area (Å²) in [4.78, 5) is 3.69. The van der Waals surface area contributed by atoms with Crippen molar-refractivity contribution in [3.8, 4) is 28.6 Å². The van der Waals surface area contributed by atoms with Gasteiger partial charge in [0.25, 0.3) is 0 Å². The topological polar surface area (TPSA) is 38.0 Å². The number of aromatic nitrogens is 2. The van der Waals surface area contributed by atoms with Crippen LogP contribution < -0.4 is 0 Å². The highest BCUT2D eigenvalue weighted by atomic mass is 15.0. The van der Waals surface area contributed by atoms with E-state index < -0.39 is 0 Å². The molecule has 0 bridgehead atoms. The van der Waals surface area contributed by atoms with E-state index in [-0.39, 0.29) is 5.41 Å². The van der Waals surface area contributed by atoms with Crippen molar-refractivity contribution in [1.82, 2.24) is 9.13 Å². The van der Waals surface area contributed by atoms with Crippen molar-refractivity contribution >= 4 is 49.3 Å². The lowest BCUT2D eigenvalue weighted by Crippen LogP contribution is -2.17. The van der Waals surface area contributed by atoms with E-state index in [2.05, 4.69) is 156 Å². The number of hydrogen-bond donors (Lipinski definition) is 0. The van der Waals surface area contributed by atoms with Gasteiger partial charge in [-0.25, -0.2) is 4.85 Å². The first-order valence-corrected chi connectivity index (χ1v) is 15.5. The lowest BCUT2D eigenvalue weighted by atomic mass is 9.82. The van der Waals surface area contributed by atoms with E-state index >= 15 is 0 Å². The van der Waals surface area contributed by atoms with Gasteiger partial charge in [-0.2, -0.15) is 5.26 Å². The number of benzene rings is 6. The van der Waals surface area contributed by atoms with Gasteiger partial charge in [0.05, 0.1) is 40.3 Å². The Bertz CT molecular complexity index is 2580. The first kappa shape index (κ1) is 27.4. The Morgan fingerprint density at radius 3 is 1.87 bits per heavy atom. The number of nitrogens with zero attached hydrogens (tertiary/aromatic N) is 4. The molecule has 0 unspecified atom stereocenters. The molecule has 4 heteroatoms. The van der Waals surface area contributed by atoms with Crippen LogP contribution in [0.25, 0.3) is 71.0 Å². The van der Waals surface area contributed by atoms with E-state index in [1.165, 1.54) is 21.8 Å². The molecule has 0 N–H and O–H groups in total. The summed E-state index contributed by atoms with van der Waals surface area (Å²) >= 11 is 0. The largest absolute Gasteiger partial charge is 0.309 e. The standard InChI is InChI=1S/C42H30N4/c1-42(2,3)41-34(26-43)35(44-4)21-23-39(41)46-37-17-11-9-15-31(37)33-24-27(19-22-38(33)46)28-18-20-32-30-14-8-10-16-36(30)45(40(32)25-28)29-12-6-5-7-13-29/h5-25H,1-3H3. The van der Waals surface area contributed by atoms with Crippen LogP contribution in [0, 0.1) is 17.9 Å². The van der Waals surface area contributed by atoms with Gasteiger partial charge in [0.2, 0.25) is 5.69 Å². The molecule has 2 heterocycles. The molecule has 0 aliphatic heterocycles. The molecule has 0 fully saturated rings. The van der Waals surface area contributed by atoms with Gasteiger partial charge in [-0.15, -0.1) is 0 Å². The predicted molar refractivity (Wildman–Crippen MR) is 190 cm³/mol. The van der Waals surface area contributed by atoms with Crippen molar-refractivity contribution in [2.24, 2.45) is 0 Å². The molecule has 0 radical (unpaired) electrons. The first-order chi connectivity index (χ1) is 22.4. The maximum absolute atomic E-state index is 10.2. The Hall–Kier alpha value is -6.10. The van der Waals surface area contributed by atoms with Gasteiger partial charge < -0.3 is 9.13 Å². The average Bonchev–Trinajstić information content (AvgIpc) is 3.59. The summed E-state index contributed by atoms with van der Waals surface area (Å²) in [6.07, 6.45) is 0. The fourth-order valence-electron chi connectivity index (χ4n) is 7.15. The number of para-hydroxylation sites is 3. The van der Waals surface area contributed by atoms with Gasteiger partial charge in [0, 0.05) is 32.9 Å². The molecule has 0 saturated heterocycles. The highest BCUT2D eigenvalue weighted by Gasteiger charge is 2.27. The molecular weight excluding hydrogens is 560 g/mol. The Labute approximate surface area is 267 Å². The first-order valence-electron chi connectivity index (χ1n) is 15.5. The van der Waals surface area contributed by atoms with E-state index in [4.69, 9.17) is 6.57 Å². The molecule has 0 aliphatic rings. The van der Waals surface area contributed by atoms with Gasteiger partial charge in [0.15, 0.2) is 0 Å². The fourth-order valence-corrected chi connectivity index (χ4v) is 7.15. The minimum atomic E-state index is -0.356. The SMILES string of the molecule is [C-]#[N+]c1ccc(-n2c3ccccc3c3cc(-c4ccc5c6ccccc6n(-c6ccccc6)c5c4)ccc32)c(C(C)(C)C)c1C#N. The second-order valence-corrected chi connectivity index (χ2v) is 12.8. The van der Waals surface area contributed by atoms with E-state index in [1.807, 2.05) is 6.07 Å². The molecule has 0 saturated carbocycles. The van der Waals surface area contributed by atoms with Crippen LogP contribution in [-0.4, -0.2) is 9.13 Å². The third-order valence-corrected chi connectivity index (χ3v) is 9.08. The summed E-state index contributed by atoms with van der Waals surface area (Å²) in [7, 11) is 0.